The quantitative estimate of drug-likeness (QED) is 0.691. The van der Waals surface area contributed by atoms with Crippen molar-refractivity contribution in [1.29, 1.82) is 0 Å². The van der Waals surface area contributed by atoms with E-state index in [0.29, 0.717) is 12.5 Å². The molecule has 0 bridgehead atoms. The summed E-state index contributed by atoms with van der Waals surface area (Å²) in [6.45, 7) is 4.52. The summed E-state index contributed by atoms with van der Waals surface area (Å²) >= 11 is 3.49. The van der Waals surface area contributed by atoms with E-state index in [9.17, 15) is 8.42 Å². The van der Waals surface area contributed by atoms with Gasteiger partial charge >= 0.3 is 0 Å². The van der Waals surface area contributed by atoms with Gasteiger partial charge in [-0.05, 0) is 32.6 Å². The number of nitrogens with one attached hydrogen (secondary N) is 1. The van der Waals surface area contributed by atoms with Crippen LogP contribution in [-0.4, -0.2) is 38.3 Å². The highest BCUT2D eigenvalue weighted by atomic mass is 79.9. The third-order valence-corrected chi connectivity index (χ3v) is 4.82. The minimum Gasteiger partial charge on any atom is -0.378 e. The van der Waals surface area contributed by atoms with Gasteiger partial charge in [-0.2, -0.15) is 0 Å². The van der Waals surface area contributed by atoms with Gasteiger partial charge in [-0.1, -0.05) is 15.9 Å². The molecule has 4 nitrogen and oxygen atoms in total. The van der Waals surface area contributed by atoms with E-state index in [1.807, 2.05) is 13.8 Å². The SMILES string of the molecule is CC(C)OCCS(=O)(=O)NCC(Br)C1CC1. The second kappa shape index (κ2) is 6.33. The molecule has 0 aromatic heterocycles. The molecule has 6 heteroatoms. The summed E-state index contributed by atoms with van der Waals surface area (Å²) < 4.78 is 30.9. The standard InChI is InChI=1S/C10H20BrNO3S/c1-8(2)15-5-6-16(13,14)12-7-10(11)9-3-4-9/h8-10,12H,3-7H2,1-2H3. The second-order valence-electron chi connectivity index (χ2n) is 4.44. The van der Waals surface area contributed by atoms with E-state index in [1.165, 1.54) is 12.8 Å². The van der Waals surface area contributed by atoms with E-state index in [2.05, 4.69) is 20.7 Å². The molecule has 0 heterocycles. The molecule has 0 spiro atoms. The van der Waals surface area contributed by atoms with Crippen LogP contribution < -0.4 is 4.72 Å². The van der Waals surface area contributed by atoms with Crippen LogP contribution in [0.1, 0.15) is 26.7 Å². The summed E-state index contributed by atoms with van der Waals surface area (Å²) in [5.74, 6) is 0.685. The number of alkyl halides is 1. The van der Waals surface area contributed by atoms with Crippen molar-refractivity contribution in [3.8, 4) is 0 Å². The summed E-state index contributed by atoms with van der Waals surface area (Å²) in [7, 11) is -3.18. The van der Waals surface area contributed by atoms with Crippen LogP contribution in [0.3, 0.4) is 0 Å². The topological polar surface area (TPSA) is 55.4 Å². The van der Waals surface area contributed by atoms with Crippen molar-refractivity contribution >= 4 is 26.0 Å². The first kappa shape index (κ1) is 14.4. The van der Waals surface area contributed by atoms with Crippen LogP contribution in [0.4, 0.5) is 0 Å². The van der Waals surface area contributed by atoms with E-state index in [-0.39, 0.29) is 23.3 Å². The van der Waals surface area contributed by atoms with Gasteiger partial charge in [-0.25, -0.2) is 13.1 Å². The molecule has 16 heavy (non-hydrogen) atoms. The number of sulfonamides is 1. The second-order valence-corrected chi connectivity index (χ2v) is 7.54. The molecule has 1 N–H and O–H groups in total. The van der Waals surface area contributed by atoms with Gasteiger partial charge in [0.2, 0.25) is 10.0 Å². The zero-order valence-electron chi connectivity index (χ0n) is 9.78. The van der Waals surface area contributed by atoms with Crippen LogP contribution in [0, 0.1) is 5.92 Å². The highest BCUT2D eigenvalue weighted by molar-refractivity contribution is 9.09. The minimum absolute atomic E-state index is 0.0373. The molecule has 1 atom stereocenters. The van der Waals surface area contributed by atoms with Gasteiger partial charge in [0.15, 0.2) is 0 Å². The summed E-state index contributed by atoms with van der Waals surface area (Å²) in [5, 5.41) is 0. The fourth-order valence-corrected chi connectivity index (χ4v) is 3.10. The lowest BCUT2D eigenvalue weighted by Crippen LogP contribution is -2.33. The molecule has 1 unspecified atom stereocenters. The Hall–Kier alpha value is 0.350. The number of rotatable bonds is 8. The van der Waals surface area contributed by atoms with Crippen molar-refractivity contribution in [3.63, 3.8) is 0 Å². The Morgan fingerprint density at radius 2 is 2.06 bits per heavy atom. The Kier molecular flexibility index (Phi) is 5.70. The molecule has 1 aliphatic rings. The molecule has 1 aliphatic carbocycles. The zero-order chi connectivity index (χ0) is 12.2. The number of hydrogen-bond acceptors (Lipinski definition) is 3. The fourth-order valence-electron chi connectivity index (χ4n) is 1.30. The summed E-state index contributed by atoms with van der Waals surface area (Å²) in [6, 6.07) is 0. The van der Waals surface area contributed by atoms with Gasteiger partial charge < -0.3 is 4.74 Å². The van der Waals surface area contributed by atoms with Crippen LogP contribution in [-0.2, 0) is 14.8 Å². The first-order valence-electron chi connectivity index (χ1n) is 5.64. The van der Waals surface area contributed by atoms with E-state index in [1.54, 1.807) is 0 Å². The molecule has 0 saturated heterocycles. The normalized spacial score (nSPS) is 19.0. The third kappa shape index (κ3) is 6.18. The maximum absolute atomic E-state index is 11.5. The highest BCUT2D eigenvalue weighted by Gasteiger charge is 2.29. The number of hydrogen-bond donors (Lipinski definition) is 1. The Morgan fingerprint density at radius 3 is 2.56 bits per heavy atom. The van der Waals surface area contributed by atoms with E-state index in [0.717, 1.165) is 0 Å². The van der Waals surface area contributed by atoms with Gasteiger partial charge in [0.25, 0.3) is 0 Å². The molecule has 0 radical (unpaired) electrons. The van der Waals surface area contributed by atoms with Crippen molar-refractivity contribution in [1.82, 2.24) is 4.72 Å². The van der Waals surface area contributed by atoms with Gasteiger partial charge in [0, 0.05) is 11.4 Å². The average Bonchev–Trinajstić information content (AvgIpc) is 2.96. The van der Waals surface area contributed by atoms with Gasteiger partial charge in [0.05, 0.1) is 18.5 Å². The fraction of sp³-hybridized carbons (Fsp3) is 1.00. The van der Waals surface area contributed by atoms with Crippen molar-refractivity contribution in [2.75, 3.05) is 18.9 Å². The number of ether oxygens (including phenoxy) is 1. The van der Waals surface area contributed by atoms with Crippen LogP contribution in [0.2, 0.25) is 0 Å². The van der Waals surface area contributed by atoms with Crippen LogP contribution in [0.15, 0.2) is 0 Å². The van der Waals surface area contributed by atoms with Crippen LogP contribution in [0.5, 0.6) is 0 Å². The Labute approximate surface area is 106 Å². The van der Waals surface area contributed by atoms with E-state index in [4.69, 9.17) is 4.74 Å². The van der Waals surface area contributed by atoms with Crippen molar-refractivity contribution in [2.24, 2.45) is 5.92 Å². The Bertz CT molecular complexity index is 301. The largest absolute Gasteiger partial charge is 0.378 e. The van der Waals surface area contributed by atoms with Crippen molar-refractivity contribution in [3.05, 3.63) is 0 Å². The predicted octanol–water partition coefficient (Wildman–Crippen LogP) is 1.50. The van der Waals surface area contributed by atoms with Crippen LogP contribution >= 0.6 is 15.9 Å². The molecule has 96 valence electrons. The molecular formula is C10H20BrNO3S. The zero-order valence-corrected chi connectivity index (χ0v) is 12.2. The average molecular weight is 314 g/mol. The lowest BCUT2D eigenvalue weighted by Gasteiger charge is -2.11. The van der Waals surface area contributed by atoms with Gasteiger partial charge in [-0.3, -0.25) is 0 Å². The molecule has 0 amide bonds. The van der Waals surface area contributed by atoms with E-state index < -0.39 is 10.0 Å². The molecule has 0 aromatic carbocycles. The Balaban J connectivity index is 2.17. The molecular weight excluding hydrogens is 294 g/mol. The highest BCUT2D eigenvalue weighted by Crippen LogP contribution is 2.36. The van der Waals surface area contributed by atoms with Crippen molar-refractivity contribution in [2.45, 2.75) is 37.6 Å². The summed E-state index contributed by atoms with van der Waals surface area (Å²) in [4.78, 5) is 0.272. The maximum atomic E-state index is 11.5. The Morgan fingerprint density at radius 1 is 1.44 bits per heavy atom. The minimum atomic E-state index is -3.18. The molecule has 1 fully saturated rings. The third-order valence-electron chi connectivity index (χ3n) is 2.44. The molecule has 1 saturated carbocycles. The summed E-state index contributed by atoms with van der Waals surface area (Å²) in [6.07, 6.45) is 2.48. The smallest absolute Gasteiger partial charge is 0.213 e. The lowest BCUT2D eigenvalue weighted by atomic mass is 10.3. The lowest BCUT2D eigenvalue weighted by molar-refractivity contribution is 0.0911. The van der Waals surface area contributed by atoms with Crippen LogP contribution in [0.25, 0.3) is 0 Å². The summed E-state index contributed by atoms with van der Waals surface area (Å²) in [5.41, 5.74) is 0. The number of halogens is 1. The van der Waals surface area contributed by atoms with Gasteiger partial charge in [0.1, 0.15) is 0 Å². The van der Waals surface area contributed by atoms with E-state index >= 15 is 0 Å². The monoisotopic (exact) mass is 313 g/mol. The first-order valence-corrected chi connectivity index (χ1v) is 8.20. The van der Waals surface area contributed by atoms with Crippen molar-refractivity contribution < 1.29 is 13.2 Å². The molecule has 1 rings (SSSR count). The maximum Gasteiger partial charge on any atom is 0.213 e. The van der Waals surface area contributed by atoms with Gasteiger partial charge in [-0.15, -0.1) is 0 Å². The molecule has 0 aliphatic heterocycles. The first-order chi connectivity index (χ1) is 7.41. The molecule has 0 aromatic rings. The predicted molar refractivity (Wildman–Crippen MR) is 68.3 cm³/mol.